The molecule has 1 aliphatic heterocycles. The van der Waals surface area contributed by atoms with Crippen LogP contribution >= 0.6 is 11.6 Å². The maximum absolute atomic E-state index is 11.3. The fourth-order valence-electron chi connectivity index (χ4n) is 2.17. The third-order valence-corrected chi connectivity index (χ3v) is 3.56. The number of likely N-dealkylation sites (tertiary alicyclic amines) is 1. The maximum Gasteiger partial charge on any atom is 0.237 e. The molecule has 14 heavy (non-hydrogen) atoms. The van der Waals surface area contributed by atoms with Gasteiger partial charge in [-0.15, -0.1) is 11.6 Å². The molecule has 2 aliphatic rings. The van der Waals surface area contributed by atoms with Gasteiger partial charge in [0.2, 0.25) is 5.91 Å². The molecule has 2 rings (SSSR count). The van der Waals surface area contributed by atoms with Crippen molar-refractivity contribution in [2.24, 2.45) is 0 Å². The second-order valence-corrected chi connectivity index (χ2v) is 4.58. The quantitative estimate of drug-likeness (QED) is 0.656. The highest BCUT2D eigenvalue weighted by Crippen LogP contribution is 2.29. The van der Waals surface area contributed by atoms with Crippen LogP contribution in [0.4, 0.5) is 0 Å². The third-order valence-electron chi connectivity index (χ3n) is 3.33. The summed E-state index contributed by atoms with van der Waals surface area (Å²) in [5.41, 5.74) is 0. The Kier molecular flexibility index (Phi) is 2.98. The zero-order valence-electron chi connectivity index (χ0n) is 8.58. The molecule has 1 amide bonds. The second-order valence-electron chi connectivity index (χ2n) is 4.31. The van der Waals surface area contributed by atoms with Crippen molar-refractivity contribution in [1.82, 2.24) is 9.80 Å². The predicted octanol–water partition coefficient (Wildman–Crippen LogP) is 0.920. The molecule has 3 nitrogen and oxygen atoms in total. The Morgan fingerprint density at radius 2 is 2.14 bits per heavy atom. The van der Waals surface area contributed by atoms with Crippen molar-refractivity contribution in [2.75, 3.05) is 26.0 Å². The van der Waals surface area contributed by atoms with Gasteiger partial charge in [-0.3, -0.25) is 9.69 Å². The van der Waals surface area contributed by atoms with Crippen LogP contribution in [0.2, 0.25) is 0 Å². The summed E-state index contributed by atoms with van der Waals surface area (Å²) in [6, 6.07) is 1.35. The summed E-state index contributed by atoms with van der Waals surface area (Å²) in [7, 11) is 2.18. The fourth-order valence-corrected chi connectivity index (χ4v) is 2.33. The first-order valence-corrected chi connectivity index (χ1v) is 5.81. The van der Waals surface area contributed by atoms with E-state index in [1.807, 2.05) is 4.90 Å². The number of halogens is 1. The minimum Gasteiger partial charge on any atom is -0.340 e. The SMILES string of the molecule is CN(C1CC1)C1CCN(C(=O)CCl)C1. The molecule has 0 N–H and O–H groups in total. The van der Waals surface area contributed by atoms with Crippen LogP contribution in [0.3, 0.4) is 0 Å². The van der Waals surface area contributed by atoms with Crippen LogP contribution < -0.4 is 0 Å². The lowest BCUT2D eigenvalue weighted by atomic mass is 10.2. The summed E-state index contributed by atoms with van der Waals surface area (Å²) in [6.07, 6.45) is 3.77. The number of alkyl halides is 1. The van der Waals surface area contributed by atoms with Gasteiger partial charge in [-0.2, -0.15) is 0 Å². The highest BCUT2D eigenvalue weighted by atomic mass is 35.5. The van der Waals surface area contributed by atoms with E-state index < -0.39 is 0 Å². The Balaban J connectivity index is 1.84. The molecular formula is C10H17ClN2O. The molecule has 0 spiro atoms. The molecule has 4 heteroatoms. The van der Waals surface area contributed by atoms with Crippen LogP contribution in [0.5, 0.6) is 0 Å². The molecule has 1 unspecified atom stereocenters. The van der Waals surface area contributed by atoms with Crippen LogP contribution in [-0.4, -0.2) is 53.8 Å². The lowest BCUT2D eigenvalue weighted by Crippen LogP contribution is -2.38. The topological polar surface area (TPSA) is 23.6 Å². The summed E-state index contributed by atoms with van der Waals surface area (Å²) < 4.78 is 0. The molecule has 2 fully saturated rings. The Labute approximate surface area is 90.0 Å². The molecule has 0 aromatic heterocycles. The molecule has 1 aliphatic carbocycles. The highest BCUT2D eigenvalue weighted by molar-refractivity contribution is 6.27. The number of rotatable bonds is 3. The van der Waals surface area contributed by atoms with Gasteiger partial charge < -0.3 is 4.90 Å². The van der Waals surface area contributed by atoms with Crippen LogP contribution in [-0.2, 0) is 4.79 Å². The molecule has 1 saturated heterocycles. The van der Waals surface area contributed by atoms with Crippen molar-refractivity contribution in [3.05, 3.63) is 0 Å². The minimum absolute atomic E-state index is 0.0818. The van der Waals surface area contributed by atoms with E-state index in [2.05, 4.69) is 11.9 Å². The highest BCUT2D eigenvalue weighted by Gasteiger charge is 2.35. The Morgan fingerprint density at radius 1 is 1.43 bits per heavy atom. The van der Waals surface area contributed by atoms with Crippen molar-refractivity contribution >= 4 is 17.5 Å². The van der Waals surface area contributed by atoms with Crippen LogP contribution in [0.1, 0.15) is 19.3 Å². The molecule has 80 valence electrons. The van der Waals surface area contributed by atoms with Gasteiger partial charge in [0, 0.05) is 25.2 Å². The molecule has 0 radical (unpaired) electrons. The standard InChI is InChI=1S/C10H17ClN2O/c1-12(8-2-3-8)9-4-5-13(7-9)10(14)6-11/h8-9H,2-7H2,1H3. The number of nitrogens with zero attached hydrogens (tertiary/aromatic N) is 2. The molecule has 1 saturated carbocycles. The molecule has 0 aromatic rings. The first-order chi connectivity index (χ1) is 6.72. The number of hydrogen-bond donors (Lipinski definition) is 0. The smallest absolute Gasteiger partial charge is 0.237 e. The zero-order valence-corrected chi connectivity index (χ0v) is 9.33. The lowest BCUT2D eigenvalue weighted by Gasteiger charge is -2.24. The normalized spacial score (nSPS) is 27.4. The van der Waals surface area contributed by atoms with E-state index in [1.54, 1.807) is 0 Å². The number of amides is 1. The van der Waals surface area contributed by atoms with Gasteiger partial charge in [-0.25, -0.2) is 0 Å². The first kappa shape index (κ1) is 10.2. The van der Waals surface area contributed by atoms with Crippen LogP contribution in [0.15, 0.2) is 0 Å². The van der Waals surface area contributed by atoms with Gasteiger partial charge in [0.1, 0.15) is 5.88 Å². The van der Waals surface area contributed by atoms with Crippen LogP contribution in [0, 0.1) is 0 Å². The van der Waals surface area contributed by atoms with E-state index in [0.29, 0.717) is 6.04 Å². The Morgan fingerprint density at radius 3 is 2.71 bits per heavy atom. The summed E-state index contributed by atoms with van der Waals surface area (Å²) in [5, 5.41) is 0. The summed E-state index contributed by atoms with van der Waals surface area (Å²) >= 11 is 5.53. The summed E-state index contributed by atoms with van der Waals surface area (Å²) in [4.78, 5) is 15.7. The number of likely N-dealkylation sites (N-methyl/N-ethyl adjacent to an activating group) is 1. The number of carbonyl (C=O) groups excluding carboxylic acids is 1. The summed E-state index contributed by atoms with van der Waals surface area (Å²) in [6.45, 7) is 1.76. The van der Waals surface area contributed by atoms with Gasteiger partial charge in [0.15, 0.2) is 0 Å². The predicted molar refractivity (Wildman–Crippen MR) is 56.5 cm³/mol. The van der Waals surface area contributed by atoms with Gasteiger partial charge >= 0.3 is 0 Å². The van der Waals surface area contributed by atoms with Crippen molar-refractivity contribution < 1.29 is 4.79 Å². The molecule has 1 atom stereocenters. The van der Waals surface area contributed by atoms with E-state index in [-0.39, 0.29) is 11.8 Å². The zero-order chi connectivity index (χ0) is 10.1. The molecule has 0 aromatic carbocycles. The summed E-state index contributed by atoms with van der Waals surface area (Å²) in [5.74, 6) is 0.207. The van der Waals surface area contributed by atoms with Crippen molar-refractivity contribution in [3.63, 3.8) is 0 Å². The van der Waals surface area contributed by atoms with Gasteiger partial charge in [-0.05, 0) is 26.3 Å². The Bertz CT molecular complexity index is 230. The molecule has 1 heterocycles. The van der Waals surface area contributed by atoms with E-state index >= 15 is 0 Å². The number of hydrogen-bond acceptors (Lipinski definition) is 2. The van der Waals surface area contributed by atoms with Gasteiger partial charge in [0.25, 0.3) is 0 Å². The molecular weight excluding hydrogens is 200 g/mol. The first-order valence-electron chi connectivity index (χ1n) is 5.28. The van der Waals surface area contributed by atoms with E-state index in [4.69, 9.17) is 11.6 Å². The lowest BCUT2D eigenvalue weighted by molar-refractivity contribution is -0.127. The maximum atomic E-state index is 11.3. The average Bonchev–Trinajstić information content (AvgIpc) is 2.93. The van der Waals surface area contributed by atoms with Crippen LogP contribution in [0.25, 0.3) is 0 Å². The van der Waals surface area contributed by atoms with Gasteiger partial charge in [0.05, 0.1) is 0 Å². The van der Waals surface area contributed by atoms with Crippen molar-refractivity contribution in [3.8, 4) is 0 Å². The molecule has 0 bridgehead atoms. The van der Waals surface area contributed by atoms with E-state index in [0.717, 1.165) is 25.6 Å². The Hall–Kier alpha value is -0.280. The average molecular weight is 217 g/mol. The van der Waals surface area contributed by atoms with Crippen molar-refractivity contribution in [1.29, 1.82) is 0 Å². The van der Waals surface area contributed by atoms with Gasteiger partial charge in [-0.1, -0.05) is 0 Å². The van der Waals surface area contributed by atoms with Crippen molar-refractivity contribution in [2.45, 2.75) is 31.3 Å². The minimum atomic E-state index is 0.0818. The van der Waals surface area contributed by atoms with E-state index in [9.17, 15) is 4.79 Å². The number of carbonyl (C=O) groups is 1. The third kappa shape index (κ3) is 2.04. The second kappa shape index (κ2) is 4.07. The fraction of sp³-hybridized carbons (Fsp3) is 0.900. The largest absolute Gasteiger partial charge is 0.340 e. The monoisotopic (exact) mass is 216 g/mol. The van der Waals surface area contributed by atoms with E-state index in [1.165, 1.54) is 12.8 Å².